The van der Waals surface area contributed by atoms with E-state index in [1.165, 1.54) is 17.8 Å². The third-order valence-electron chi connectivity index (χ3n) is 5.42. The standard InChI is InChI=1S/C19H25N5O3S/c20-9-6-16(25)22-23-17(26)15-12-28-18(21-15)13-7-10-24(11-8-13)19(27)14-4-2-1-3-5-14/h12-14H,1-8,10-11H2,(H,22,25)(H,23,26). The van der Waals surface area contributed by atoms with E-state index in [1.807, 2.05) is 4.90 Å². The molecule has 28 heavy (non-hydrogen) atoms. The van der Waals surface area contributed by atoms with Gasteiger partial charge < -0.3 is 4.90 Å². The topological polar surface area (TPSA) is 115 Å². The molecule has 2 N–H and O–H groups in total. The zero-order chi connectivity index (χ0) is 19.9. The normalized spacial score (nSPS) is 18.3. The first-order valence-corrected chi connectivity index (χ1v) is 10.7. The molecule has 0 radical (unpaired) electrons. The highest BCUT2D eigenvalue weighted by Gasteiger charge is 2.30. The van der Waals surface area contributed by atoms with E-state index in [2.05, 4.69) is 15.8 Å². The third-order valence-corrected chi connectivity index (χ3v) is 6.43. The van der Waals surface area contributed by atoms with Gasteiger partial charge in [-0.15, -0.1) is 11.3 Å². The molecule has 9 heteroatoms. The summed E-state index contributed by atoms with van der Waals surface area (Å²) < 4.78 is 0. The zero-order valence-electron chi connectivity index (χ0n) is 15.8. The van der Waals surface area contributed by atoms with Crippen LogP contribution in [0.3, 0.4) is 0 Å². The van der Waals surface area contributed by atoms with Gasteiger partial charge in [-0.05, 0) is 25.7 Å². The lowest BCUT2D eigenvalue weighted by Crippen LogP contribution is -2.42. The van der Waals surface area contributed by atoms with Gasteiger partial charge in [-0.1, -0.05) is 19.3 Å². The van der Waals surface area contributed by atoms with E-state index >= 15 is 0 Å². The summed E-state index contributed by atoms with van der Waals surface area (Å²) in [7, 11) is 0. The predicted molar refractivity (Wildman–Crippen MR) is 103 cm³/mol. The molecular weight excluding hydrogens is 378 g/mol. The van der Waals surface area contributed by atoms with Crippen molar-refractivity contribution in [2.45, 2.75) is 57.3 Å². The highest BCUT2D eigenvalue weighted by molar-refractivity contribution is 7.09. The van der Waals surface area contributed by atoms with E-state index in [1.54, 1.807) is 11.4 Å². The van der Waals surface area contributed by atoms with Gasteiger partial charge in [-0.25, -0.2) is 4.98 Å². The molecule has 1 aliphatic heterocycles. The van der Waals surface area contributed by atoms with Crippen LogP contribution in [0.5, 0.6) is 0 Å². The van der Waals surface area contributed by atoms with Crippen molar-refractivity contribution < 1.29 is 14.4 Å². The predicted octanol–water partition coefficient (Wildman–Crippen LogP) is 2.10. The fourth-order valence-corrected chi connectivity index (χ4v) is 4.81. The highest BCUT2D eigenvalue weighted by atomic mass is 32.1. The minimum atomic E-state index is -0.568. The van der Waals surface area contributed by atoms with Crippen molar-refractivity contribution in [2.75, 3.05) is 13.1 Å². The van der Waals surface area contributed by atoms with Crippen molar-refractivity contribution in [3.63, 3.8) is 0 Å². The van der Waals surface area contributed by atoms with Crippen LogP contribution in [0.4, 0.5) is 0 Å². The summed E-state index contributed by atoms with van der Waals surface area (Å²) in [5.74, 6) is -0.308. The Morgan fingerprint density at radius 2 is 1.86 bits per heavy atom. The minimum Gasteiger partial charge on any atom is -0.342 e. The Morgan fingerprint density at radius 1 is 1.14 bits per heavy atom. The molecule has 1 aliphatic carbocycles. The molecule has 1 aromatic rings. The van der Waals surface area contributed by atoms with Crippen LogP contribution < -0.4 is 10.9 Å². The summed E-state index contributed by atoms with van der Waals surface area (Å²) in [5.41, 5.74) is 4.69. The molecule has 2 heterocycles. The molecule has 0 unspecified atom stereocenters. The first-order valence-electron chi connectivity index (χ1n) is 9.79. The van der Waals surface area contributed by atoms with Crippen LogP contribution in [-0.2, 0) is 9.59 Å². The van der Waals surface area contributed by atoms with E-state index in [0.717, 1.165) is 56.6 Å². The molecule has 0 spiro atoms. The lowest BCUT2D eigenvalue weighted by atomic mass is 9.87. The van der Waals surface area contributed by atoms with Gasteiger partial charge >= 0.3 is 0 Å². The van der Waals surface area contributed by atoms with Crippen molar-refractivity contribution >= 4 is 29.1 Å². The van der Waals surface area contributed by atoms with Crippen LogP contribution in [0.15, 0.2) is 5.38 Å². The molecule has 3 amide bonds. The summed E-state index contributed by atoms with van der Waals surface area (Å²) >= 11 is 1.43. The maximum absolute atomic E-state index is 12.7. The fraction of sp³-hybridized carbons (Fsp3) is 0.632. The van der Waals surface area contributed by atoms with E-state index in [0.29, 0.717) is 5.91 Å². The van der Waals surface area contributed by atoms with Crippen molar-refractivity contribution in [1.82, 2.24) is 20.7 Å². The number of piperidine rings is 1. The second-order valence-electron chi connectivity index (χ2n) is 7.34. The smallest absolute Gasteiger partial charge is 0.289 e. The number of hydrazine groups is 1. The van der Waals surface area contributed by atoms with Gasteiger partial charge in [0, 0.05) is 30.3 Å². The lowest BCUT2D eigenvalue weighted by molar-refractivity contribution is -0.137. The van der Waals surface area contributed by atoms with E-state index in [9.17, 15) is 14.4 Å². The zero-order valence-corrected chi connectivity index (χ0v) is 16.6. The fourth-order valence-electron chi connectivity index (χ4n) is 3.84. The first kappa shape index (κ1) is 20.3. The molecular formula is C19H25N5O3S. The summed E-state index contributed by atoms with van der Waals surface area (Å²) in [4.78, 5) is 42.4. The molecule has 1 saturated heterocycles. The molecule has 1 aromatic heterocycles. The van der Waals surface area contributed by atoms with Crippen molar-refractivity contribution in [2.24, 2.45) is 5.92 Å². The second kappa shape index (κ2) is 9.64. The number of nitrogens with zero attached hydrogens (tertiary/aromatic N) is 3. The Labute approximate surface area is 168 Å². The van der Waals surface area contributed by atoms with Crippen LogP contribution in [-0.4, -0.2) is 40.7 Å². The van der Waals surface area contributed by atoms with Gasteiger partial charge in [0.05, 0.1) is 11.1 Å². The summed E-state index contributed by atoms with van der Waals surface area (Å²) in [6.07, 6.45) is 7.00. The van der Waals surface area contributed by atoms with E-state index in [-0.39, 0.29) is 24.0 Å². The molecule has 0 atom stereocenters. The van der Waals surface area contributed by atoms with Crippen molar-refractivity contribution in [1.29, 1.82) is 5.26 Å². The SMILES string of the molecule is N#CCC(=O)NNC(=O)c1csc(C2CCN(C(=O)C3CCCCC3)CC2)n1. The van der Waals surface area contributed by atoms with Gasteiger partial charge in [-0.3, -0.25) is 25.2 Å². The van der Waals surface area contributed by atoms with Gasteiger partial charge in [0.1, 0.15) is 12.1 Å². The van der Waals surface area contributed by atoms with Gasteiger partial charge in [0.25, 0.3) is 11.8 Å². The summed E-state index contributed by atoms with van der Waals surface area (Å²) in [5, 5.41) is 11.0. The number of aromatic nitrogens is 1. The van der Waals surface area contributed by atoms with Crippen LogP contribution >= 0.6 is 11.3 Å². The average Bonchev–Trinajstić information content (AvgIpc) is 3.23. The number of rotatable bonds is 4. The van der Waals surface area contributed by atoms with Crippen LogP contribution in [0, 0.1) is 17.2 Å². The maximum atomic E-state index is 12.7. The quantitative estimate of drug-likeness (QED) is 0.747. The highest BCUT2D eigenvalue weighted by Crippen LogP contribution is 2.32. The van der Waals surface area contributed by atoms with Crippen LogP contribution in [0.1, 0.15) is 72.8 Å². The second-order valence-corrected chi connectivity index (χ2v) is 8.23. The summed E-state index contributed by atoms with van der Waals surface area (Å²) in [6.45, 7) is 1.48. The molecule has 0 bridgehead atoms. The average molecular weight is 404 g/mol. The molecule has 2 aliphatic rings. The lowest BCUT2D eigenvalue weighted by Gasteiger charge is -2.34. The minimum absolute atomic E-state index is 0.205. The van der Waals surface area contributed by atoms with E-state index in [4.69, 9.17) is 5.26 Å². The number of hydrogen-bond acceptors (Lipinski definition) is 6. The Kier molecular flexibility index (Phi) is 6.98. The number of thiazole rings is 1. The number of amides is 3. The third kappa shape index (κ3) is 5.07. The Morgan fingerprint density at radius 3 is 2.54 bits per heavy atom. The largest absolute Gasteiger partial charge is 0.342 e. The Hall–Kier alpha value is -2.47. The number of likely N-dealkylation sites (tertiary alicyclic amines) is 1. The molecule has 2 fully saturated rings. The van der Waals surface area contributed by atoms with Crippen molar-refractivity contribution in [3.05, 3.63) is 16.1 Å². The maximum Gasteiger partial charge on any atom is 0.289 e. The Balaban J connectivity index is 1.48. The Bertz CT molecular complexity index is 758. The first-order chi connectivity index (χ1) is 13.6. The monoisotopic (exact) mass is 403 g/mol. The van der Waals surface area contributed by atoms with Gasteiger partial charge in [0.2, 0.25) is 5.91 Å². The molecule has 8 nitrogen and oxygen atoms in total. The van der Waals surface area contributed by atoms with Crippen LogP contribution in [0.2, 0.25) is 0 Å². The summed E-state index contributed by atoms with van der Waals surface area (Å²) in [6, 6.07) is 1.71. The van der Waals surface area contributed by atoms with Crippen LogP contribution in [0.25, 0.3) is 0 Å². The van der Waals surface area contributed by atoms with Crippen molar-refractivity contribution in [3.8, 4) is 6.07 Å². The molecule has 3 rings (SSSR count). The molecule has 0 aromatic carbocycles. The van der Waals surface area contributed by atoms with E-state index < -0.39 is 11.8 Å². The number of nitriles is 1. The number of carbonyl (C=O) groups is 3. The number of carbonyl (C=O) groups excluding carboxylic acids is 3. The van der Waals surface area contributed by atoms with Gasteiger partial charge in [0.15, 0.2) is 0 Å². The number of hydrogen-bond donors (Lipinski definition) is 2. The molecule has 150 valence electrons. The van der Waals surface area contributed by atoms with Gasteiger partial charge in [-0.2, -0.15) is 5.26 Å². The molecule has 1 saturated carbocycles. The number of nitrogens with one attached hydrogen (secondary N) is 2.